The molecule has 3 aromatic rings. The third kappa shape index (κ3) is 3.54. The van der Waals surface area contributed by atoms with Crippen molar-refractivity contribution in [1.29, 1.82) is 0 Å². The third-order valence-corrected chi connectivity index (χ3v) is 4.97. The van der Waals surface area contributed by atoms with Crippen LogP contribution in [0.25, 0.3) is 11.7 Å². The smallest absolute Gasteiger partial charge is 0.326 e. The van der Waals surface area contributed by atoms with Gasteiger partial charge in [-0.25, -0.2) is 4.79 Å². The van der Waals surface area contributed by atoms with Crippen molar-refractivity contribution in [1.82, 2.24) is 30.2 Å². The van der Waals surface area contributed by atoms with Crippen LogP contribution in [0.5, 0.6) is 0 Å². The standard InChI is InChI=1S/C20H20N8O2/c1-11(12-5-3-2-4-6-12)22-18-25-16-13(9-15-17(29)26-20(30)24-15)10-21-28(16)19(27-18)23-14-7-8-14/h2-6,9-11,14H,7-8H2,1H3,(H2,22,23,25,27)(H2,24,26,29,30)/b15-9-/t11-/m0/s1. The summed E-state index contributed by atoms with van der Waals surface area (Å²) in [6.07, 6.45) is 5.32. The monoisotopic (exact) mass is 404 g/mol. The molecule has 10 nitrogen and oxygen atoms in total. The quantitative estimate of drug-likeness (QED) is 0.366. The summed E-state index contributed by atoms with van der Waals surface area (Å²) < 4.78 is 1.61. The molecule has 1 saturated heterocycles. The van der Waals surface area contributed by atoms with Crippen molar-refractivity contribution in [3.8, 4) is 0 Å². The first-order chi connectivity index (χ1) is 14.6. The maximum atomic E-state index is 11.9. The first kappa shape index (κ1) is 18.1. The van der Waals surface area contributed by atoms with Gasteiger partial charge in [-0.3, -0.25) is 10.1 Å². The van der Waals surface area contributed by atoms with Gasteiger partial charge in [-0.05, 0) is 31.4 Å². The number of rotatable bonds is 6. The molecule has 4 N–H and O–H groups in total. The Morgan fingerprint density at radius 1 is 1.17 bits per heavy atom. The molecule has 1 saturated carbocycles. The topological polar surface area (TPSA) is 125 Å². The fourth-order valence-corrected chi connectivity index (χ4v) is 3.22. The molecule has 30 heavy (non-hydrogen) atoms. The van der Waals surface area contributed by atoms with Gasteiger partial charge in [0.25, 0.3) is 5.91 Å². The van der Waals surface area contributed by atoms with E-state index in [0.29, 0.717) is 29.1 Å². The van der Waals surface area contributed by atoms with Gasteiger partial charge in [0.15, 0.2) is 5.65 Å². The highest BCUT2D eigenvalue weighted by Gasteiger charge is 2.26. The van der Waals surface area contributed by atoms with Crippen LogP contribution in [0.3, 0.4) is 0 Å². The first-order valence-electron chi connectivity index (χ1n) is 9.74. The molecule has 3 heterocycles. The normalized spacial score (nSPS) is 18.4. The molecule has 10 heteroatoms. The highest BCUT2D eigenvalue weighted by molar-refractivity contribution is 6.14. The zero-order valence-electron chi connectivity index (χ0n) is 16.2. The summed E-state index contributed by atoms with van der Waals surface area (Å²) in [6, 6.07) is 9.83. The predicted octanol–water partition coefficient (Wildman–Crippen LogP) is 2.05. The first-order valence-corrected chi connectivity index (χ1v) is 9.74. The van der Waals surface area contributed by atoms with E-state index in [9.17, 15) is 9.59 Å². The number of hydrogen-bond donors (Lipinski definition) is 4. The van der Waals surface area contributed by atoms with Crippen molar-refractivity contribution in [2.45, 2.75) is 31.8 Å². The van der Waals surface area contributed by atoms with Crippen LogP contribution in [-0.2, 0) is 4.79 Å². The zero-order valence-corrected chi connectivity index (χ0v) is 16.2. The van der Waals surface area contributed by atoms with Crippen LogP contribution in [0.15, 0.2) is 42.2 Å². The number of aromatic nitrogens is 4. The van der Waals surface area contributed by atoms with E-state index in [1.54, 1.807) is 16.8 Å². The number of fused-ring (bicyclic) bond motifs is 1. The number of benzene rings is 1. The fraction of sp³-hybridized carbons (Fsp3) is 0.250. The van der Waals surface area contributed by atoms with Crippen LogP contribution in [0, 0.1) is 0 Å². The van der Waals surface area contributed by atoms with Crippen molar-refractivity contribution in [3.05, 3.63) is 53.4 Å². The van der Waals surface area contributed by atoms with Crippen LogP contribution in [0.2, 0.25) is 0 Å². The fourth-order valence-electron chi connectivity index (χ4n) is 3.22. The Hall–Kier alpha value is -3.95. The SMILES string of the molecule is C[C@H](Nc1nc(NC2CC2)n2ncc(/C=C3\NC(=O)NC3=O)c2n1)c1ccccc1. The average molecular weight is 404 g/mol. The molecule has 2 fully saturated rings. The summed E-state index contributed by atoms with van der Waals surface area (Å²) in [5.74, 6) is 0.540. The minimum absolute atomic E-state index is 0.00736. The van der Waals surface area contributed by atoms with Gasteiger partial charge < -0.3 is 16.0 Å². The largest absolute Gasteiger partial charge is 0.351 e. The lowest BCUT2D eigenvalue weighted by molar-refractivity contribution is -0.115. The lowest BCUT2D eigenvalue weighted by Gasteiger charge is -2.15. The van der Waals surface area contributed by atoms with Crippen LogP contribution in [0.1, 0.15) is 36.9 Å². The summed E-state index contributed by atoms with van der Waals surface area (Å²) in [6.45, 7) is 2.04. The van der Waals surface area contributed by atoms with Gasteiger partial charge >= 0.3 is 6.03 Å². The van der Waals surface area contributed by atoms with E-state index in [-0.39, 0.29) is 11.7 Å². The molecule has 0 radical (unpaired) electrons. The van der Waals surface area contributed by atoms with E-state index in [0.717, 1.165) is 18.4 Å². The second-order valence-electron chi connectivity index (χ2n) is 7.37. The van der Waals surface area contributed by atoms with Crippen LogP contribution in [-0.4, -0.2) is 37.6 Å². The van der Waals surface area contributed by atoms with Crippen molar-refractivity contribution < 1.29 is 9.59 Å². The number of nitrogens with zero attached hydrogens (tertiary/aromatic N) is 4. The van der Waals surface area contributed by atoms with Gasteiger partial charge in [-0.1, -0.05) is 30.3 Å². The van der Waals surface area contributed by atoms with Gasteiger partial charge in [0.2, 0.25) is 11.9 Å². The summed E-state index contributed by atoms with van der Waals surface area (Å²) in [4.78, 5) is 32.5. The van der Waals surface area contributed by atoms with Crippen molar-refractivity contribution >= 4 is 35.6 Å². The molecule has 1 atom stereocenters. The van der Waals surface area contributed by atoms with E-state index in [4.69, 9.17) is 0 Å². The molecule has 3 amide bonds. The Balaban J connectivity index is 1.53. The molecule has 1 aliphatic heterocycles. The molecule has 0 bridgehead atoms. The summed E-state index contributed by atoms with van der Waals surface area (Å²) in [7, 11) is 0. The predicted molar refractivity (Wildman–Crippen MR) is 111 cm³/mol. The van der Waals surface area contributed by atoms with Crippen LogP contribution >= 0.6 is 0 Å². The molecule has 0 unspecified atom stereocenters. The maximum Gasteiger partial charge on any atom is 0.326 e. The summed E-state index contributed by atoms with van der Waals surface area (Å²) in [5.41, 5.74) is 2.38. The number of carbonyl (C=O) groups is 2. The Bertz CT molecular complexity index is 1170. The number of nitrogens with one attached hydrogen (secondary N) is 4. The summed E-state index contributed by atoms with van der Waals surface area (Å²) >= 11 is 0. The molecule has 2 aliphatic rings. The Kier molecular flexibility index (Phi) is 4.31. The van der Waals surface area contributed by atoms with Crippen molar-refractivity contribution in [2.75, 3.05) is 10.6 Å². The highest BCUT2D eigenvalue weighted by atomic mass is 16.2. The Labute approximate surface area is 171 Å². The number of amides is 3. The Morgan fingerprint density at radius 3 is 2.67 bits per heavy atom. The van der Waals surface area contributed by atoms with Gasteiger partial charge in [0, 0.05) is 11.6 Å². The van der Waals surface area contributed by atoms with E-state index in [2.05, 4.69) is 36.3 Å². The second-order valence-corrected chi connectivity index (χ2v) is 7.37. The lowest BCUT2D eigenvalue weighted by atomic mass is 10.1. The van der Waals surface area contributed by atoms with E-state index in [1.807, 2.05) is 37.3 Å². The number of hydrogen-bond acceptors (Lipinski definition) is 7. The number of carbonyl (C=O) groups excluding carboxylic acids is 2. The molecule has 1 aliphatic carbocycles. The van der Waals surface area contributed by atoms with Crippen molar-refractivity contribution in [3.63, 3.8) is 0 Å². The molecule has 0 spiro atoms. The van der Waals surface area contributed by atoms with Crippen molar-refractivity contribution in [2.24, 2.45) is 0 Å². The van der Waals surface area contributed by atoms with E-state index in [1.165, 1.54) is 0 Å². The molecule has 2 aromatic heterocycles. The maximum absolute atomic E-state index is 11.9. The second kappa shape index (κ2) is 7.14. The third-order valence-electron chi connectivity index (χ3n) is 4.97. The minimum Gasteiger partial charge on any atom is -0.351 e. The average Bonchev–Trinajstić information content (AvgIpc) is 3.37. The number of urea groups is 1. The van der Waals surface area contributed by atoms with Gasteiger partial charge in [0.05, 0.1) is 12.2 Å². The van der Waals surface area contributed by atoms with E-state index >= 15 is 0 Å². The molecular weight excluding hydrogens is 384 g/mol. The van der Waals surface area contributed by atoms with Crippen LogP contribution < -0.4 is 21.3 Å². The van der Waals surface area contributed by atoms with E-state index < -0.39 is 11.9 Å². The molecular formula is C20H20N8O2. The molecule has 1 aromatic carbocycles. The molecule has 152 valence electrons. The lowest BCUT2D eigenvalue weighted by Crippen LogP contribution is -2.22. The van der Waals surface area contributed by atoms with Gasteiger partial charge in [0.1, 0.15) is 5.70 Å². The number of anilines is 2. The molecule has 5 rings (SSSR count). The van der Waals surface area contributed by atoms with Gasteiger partial charge in [-0.15, -0.1) is 0 Å². The highest BCUT2D eigenvalue weighted by Crippen LogP contribution is 2.26. The minimum atomic E-state index is -0.549. The summed E-state index contributed by atoms with van der Waals surface area (Å²) in [5, 5.41) is 15.8. The van der Waals surface area contributed by atoms with Crippen LogP contribution in [0.4, 0.5) is 16.7 Å². The van der Waals surface area contributed by atoms with Gasteiger partial charge in [-0.2, -0.15) is 19.6 Å². The number of imide groups is 1. The zero-order chi connectivity index (χ0) is 20.7. The Morgan fingerprint density at radius 2 is 1.97 bits per heavy atom.